The molecule has 0 rings (SSSR count). The monoisotopic (exact) mass is 165 g/mol. The summed E-state index contributed by atoms with van der Waals surface area (Å²) in [7, 11) is 0. The van der Waals surface area contributed by atoms with Crippen LogP contribution in [0.4, 0.5) is 0 Å². The maximum absolute atomic E-state index is 8.58. The zero-order valence-corrected chi connectivity index (χ0v) is 9.19. The number of hydrogen-bond donors (Lipinski definition) is 0. The second kappa shape index (κ2) is 6.16. The van der Waals surface area contributed by atoms with Gasteiger partial charge in [0.15, 0.2) is 0 Å². The van der Waals surface area contributed by atoms with Crippen LogP contribution in [0.3, 0.4) is 0 Å². The van der Waals surface area contributed by atoms with Crippen molar-refractivity contribution in [1.29, 1.82) is 0 Å². The van der Waals surface area contributed by atoms with Crippen molar-refractivity contribution in [2.24, 2.45) is 0 Å². The van der Waals surface area contributed by atoms with E-state index in [9.17, 15) is 0 Å². The first kappa shape index (κ1) is 16.0. The third kappa shape index (κ3) is 70.5. The van der Waals surface area contributed by atoms with Crippen LogP contribution >= 0.6 is 0 Å². The van der Waals surface area contributed by atoms with Gasteiger partial charge >= 0.3 is 88.5 Å². The first-order valence-corrected chi connectivity index (χ1v) is 2.54. The predicted molar refractivity (Wildman–Crippen MR) is 1.37 cm³/mol. The minimum atomic E-state index is -5.62. The van der Waals surface area contributed by atoms with E-state index in [0.717, 1.165) is 0 Å². The quantitative estimate of drug-likeness (QED) is 0.334. The molecule has 0 unspecified atom stereocenters. The van der Waals surface area contributed by atoms with Gasteiger partial charge in [-0.3, -0.25) is 0 Å². The summed E-state index contributed by atoms with van der Waals surface area (Å²) in [6, 6.07) is 0. The Kier molecular flexibility index (Phi) is 14.1. The molecule has 33 valence electrons. The van der Waals surface area contributed by atoms with Crippen molar-refractivity contribution in [3.05, 3.63) is 0 Å². The van der Waals surface area contributed by atoms with Gasteiger partial charge in [0, 0.05) is 0 Å². The van der Waals surface area contributed by atoms with Crippen molar-refractivity contribution in [2.75, 3.05) is 0 Å². The van der Waals surface area contributed by atoms with Crippen molar-refractivity contribution in [1.82, 2.24) is 0 Å². The first-order valence-electron chi connectivity index (χ1n) is 0.617. The SMILES string of the molecule is [Na+].[Na+].[O]=[Mn](=[O])([O-])[O-]. The average molecular weight is 165 g/mol. The second-order valence-corrected chi connectivity index (χ2v) is 1.56. The Morgan fingerprint density at radius 1 is 1.00 bits per heavy atom. The van der Waals surface area contributed by atoms with E-state index in [1.54, 1.807) is 0 Å². The molecule has 0 saturated carbocycles. The number of hydrogen-bond acceptors (Lipinski definition) is 4. The molecule has 0 aliphatic carbocycles. The van der Waals surface area contributed by atoms with Crippen LogP contribution in [0.2, 0.25) is 0 Å². The molecule has 0 amide bonds. The Morgan fingerprint density at radius 3 is 1.00 bits per heavy atom. The molecule has 0 aromatic carbocycles. The van der Waals surface area contributed by atoms with E-state index in [4.69, 9.17) is 16.0 Å². The fourth-order valence-electron chi connectivity index (χ4n) is 0. The van der Waals surface area contributed by atoms with E-state index < -0.39 is 13.4 Å². The van der Waals surface area contributed by atoms with E-state index in [1.807, 2.05) is 0 Å². The van der Waals surface area contributed by atoms with Crippen molar-refractivity contribution in [2.45, 2.75) is 0 Å². The summed E-state index contributed by atoms with van der Waals surface area (Å²) in [4.78, 5) is 0. The molecule has 0 atom stereocenters. The van der Waals surface area contributed by atoms with Crippen LogP contribution in [-0.2, 0) is 21.0 Å². The van der Waals surface area contributed by atoms with Crippen LogP contribution in [0.25, 0.3) is 0 Å². The van der Waals surface area contributed by atoms with E-state index in [-0.39, 0.29) is 59.1 Å². The van der Waals surface area contributed by atoms with Gasteiger partial charge in [-0.15, -0.1) is 0 Å². The van der Waals surface area contributed by atoms with Crippen LogP contribution in [0, 0.1) is 0 Å². The zero-order chi connectivity index (χ0) is 4.50. The molecule has 0 aliphatic rings. The molecule has 0 fully saturated rings. The number of rotatable bonds is 0. The van der Waals surface area contributed by atoms with Gasteiger partial charge in [-0.25, -0.2) is 0 Å². The summed E-state index contributed by atoms with van der Waals surface area (Å²) in [5.41, 5.74) is 0. The van der Waals surface area contributed by atoms with Crippen molar-refractivity contribution >= 4 is 0 Å². The van der Waals surface area contributed by atoms with Gasteiger partial charge in [0.05, 0.1) is 0 Å². The Labute approximate surface area is 87.2 Å². The van der Waals surface area contributed by atoms with Crippen molar-refractivity contribution in [3.63, 3.8) is 0 Å². The van der Waals surface area contributed by atoms with Gasteiger partial charge < -0.3 is 0 Å². The third-order valence-corrected chi connectivity index (χ3v) is 0. The van der Waals surface area contributed by atoms with E-state index in [1.165, 1.54) is 0 Å². The first-order chi connectivity index (χ1) is 2.00. The molecule has 0 N–H and O–H groups in total. The fraction of sp³-hybridized carbons (Fsp3) is 0. The molecule has 0 radical (unpaired) electrons. The molecule has 0 bridgehead atoms. The maximum atomic E-state index is 8.58. The molecule has 7 heavy (non-hydrogen) atoms. The van der Waals surface area contributed by atoms with Gasteiger partial charge in [0.25, 0.3) is 0 Å². The molecular weight excluding hydrogens is 165 g/mol. The van der Waals surface area contributed by atoms with Gasteiger partial charge in [0.1, 0.15) is 0 Å². The summed E-state index contributed by atoms with van der Waals surface area (Å²) < 4.78 is 34.3. The molecule has 0 aliphatic heterocycles. The predicted octanol–water partition coefficient (Wildman–Crippen LogP) is -8.61. The van der Waals surface area contributed by atoms with E-state index in [2.05, 4.69) is 0 Å². The van der Waals surface area contributed by atoms with Crippen LogP contribution in [0.5, 0.6) is 0 Å². The standard InChI is InChI=1S/Mn.2Na.4O/q;2*+1;;;2*-1. The Hall–Kier alpha value is 2.04. The molecule has 4 nitrogen and oxygen atoms in total. The van der Waals surface area contributed by atoms with Crippen LogP contribution in [-0.4, -0.2) is 0 Å². The summed E-state index contributed by atoms with van der Waals surface area (Å²) in [6.07, 6.45) is 0. The minimum absolute atomic E-state index is 0. The summed E-state index contributed by atoms with van der Waals surface area (Å²) >= 11 is -5.62. The molecule has 0 spiro atoms. The second-order valence-electron chi connectivity index (χ2n) is 0.378. The average Bonchev–Trinajstić information content (AvgIpc) is 0.722. The van der Waals surface area contributed by atoms with Crippen LogP contribution in [0.15, 0.2) is 0 Å². The van der Waals surface area contributed by atoms with Crippen LogP contribution < -0.4 is 67.5 Å². The molecule has 0 saturated heterocycles. The van der Waals surface area contributed by atoms with Gasteiger partial charge in [-0.05, 0) is 0 Å². The molecule has 0 heterocycles. The van der Waals surface area contributed by atoms with Crippen molar-refractivity contribution in [3.8, 4) is 0 Å². The topological polar surface area (TPSA) is 80.3 Å². The van der Waals surface area contributed by atoms with Gasteiger partial charge in [0.2, 0.25) is 0 Å². The zero-order valence-electron chi connectivity index (χ0n) is 4.01. The molecule has 0 aromatic rings. The Morgan fingerprint density at radius 2 is 1.00 bits per heavy atom. The molecule has 0 aromatic heterocycles. The fourth-order valence-corrected chi connectivity index (χ4v) is 0. The van der Waals surface area contributed by atoms with E-state index in [0.29, 0.717) is 0 Å². The summed E-state index contributed by atoms with van der Waals surface area (Å²) in [6.45, 7) is 0. The summed E-state index contributed by atoms with van der Waals surface area (Å²) in [5, 5.41) is 0. The van der Waals surface area contributed by atoms with Gasteiger partial charge in [-0.1, -0.05) is 0 Å². The van der Waals surface area contributed by atoms with Crippen LogP contribution in [0.1, 0.15) is 0 Å². The molecular formula is MnNa2O4. The molecule has 7 heteroatoms. The normalized spacial score (nSPS) is 8.29. The Bertz CT molecular complexity index is 92.9. The third-order valence-electron chi connectivity index (χ3n) is 0. The van der Waals surface area contributed by atoms with E-state index >= 15 is 0 Å². The van der Waals surface area contributed by atoms with Gasteiger partial charge in [-0.2, -0.15) is 0 Å². The summed E-state index contributed by atoms with van der Waals surface area (Å²) in [5.74, 6) is 0. The Balaban J connectivity index is -0.0000000800. The van der Waals surface area contributed by atoms with Crippen molar-refractivity contribution < 1.29 is 88.5 Å².